The van der Waals surface area contributed by atoms with Crippen molar-refractivity contribution in [3.8, 4) is 6.07 Å². The van der Waals surface area contributed by atoms with Gasteiger partial charge in [-0.1, -0.05) is 53.7 Å². The highest BCUT2D eigenvalue weighted by Crippen LogP contribution is 2.27. The standard InChI is InChI=1S/C15H10ClNS/c16-15(11-18-14-4-2-1-3-5-14)13-8-6-12(10-17)7-9-13/h1-9,11H/b15-11+. The van der Waals surface area contributed by atoms with E-state index in [0.717, 1.165) is 10.5 Å². The molecular weight excluding hydrogens is 262 g/mol. The minimum Gasteiger partial charge on any atom is -0.192 e. The fourth-order valence-corrected chi connectivity index (χ4v) is 2.34. The summed E-state index contributed by atoms with van der Waals surface area (Å²) in [5.74, 6) is 0. The number of thioether (sulfide) groups is 1. The summed E-state index contributed by atoms with van der Waals surface area (Å²) in [7, 11) is 0. The van der Waals surface area contributed by atoms with Crippen LogP contribution in [-0.2, 0) is 0 Å². The fourth-order valence-electron chi connectivity index (χ4n) is 1.39. The third kappa shape index (κ3) is 3.40. The van der Waals surface area contributed by atoms with Gasteiger partial charge in [-0.2, -0.15) is 5.26 Å². The van der Waals surface area contributed by atoms with Gasteiger partial charge in [0.1, 0.15) is 0 Å². The minimum absolute atomic E-state index is 0.638. The Morgan fingerprint density at radius 1 is 1.06 bits per heavy atom. The Kier molecular flexibility index (Phi) is 4.46. The molecule has 18 heavy (non-hydrogen) atoms. The van der Waals surface area contributed by atoms with Crippen molar-refractivity contribution in [3.05, 3.63) is 71.1 Å². The molecule has 0 spiro atoms. The van der Waals surface area contributed by atoms with E-state index in [2.05, 4.69) is 6.07 Å². The van der Waals surface area contributed by atoms with Crippen LogP contribution in [0.3, 0.4) is 0 Å². The summed E-state index contributed by atoms with van der Waals surface area (Å²) in [5.41, 5.74) is 1.55. The Morgan fingerprint density at radius 2 is 1.72 bits per heavy atom. The molecule has 0 N–H and O–H groups in total. The molecule has 0 heterocycles. The van der Waals surface area contributed by atoms with Gasteiger partial charge in [0.25, 0.3) is 0 Å². The van der Waals surface area contributed by atoms with Crippen molar-refractivity contribution in [2.75, 3.05) is 0 Å². The summed E-state index contributed by atoms with van der Waals surface area (Å²) in [4.78, 5) is 1.14. The maximum atomic E-state index is 8.72. The molecule has 0 aliphatic rings. The molecule has 0 atom stereocenters. The van der Waals surface area contributed by atoms with E-state index in [1.165, 1.54) is 0 Å². The van der Waals surface area contributed by atoms with Gasteiger partial charge < -0.3 is 0 Å². The third-order valence-electron chi connectivity index (χ3n) is 2.33. The van der Waals surface area contributed by atoms with Gasteiger partial charge in [-0.05, 0) is 35.2 Å². The smallest absolute Gasteiger partial charge is 0.0991 e. The van der Waals surface area contributed by atoms with Crippen molar-refractivity contribution >= 4 is 28.4 Å². The summed E-state index contributed by atoms with van der Waals surface area (Å²) in [6.45, 7) is 0. The molecule has 3 heteroatoms. The Morgan fingerprint density at radius 3 is 2.33 bits per heavy atom. The van der Waals surface area contributed by atoms with E-state index >= 15 is 0 Å². The van der Waals surface area contributed by atoms with Crippen LogP contribution in [-0.4, -0.2) is 0 Å². The van der Waals surface area contributed by atoms with E-state index in [4.69, 9.17) is 16.9 Å². The quantitative estimate of drug-likeness (QED) is 0.742. The van der Waals surface area contributed by atoms with Crippen LogP contribution in [0.2, 0.25) is 0 Å². The van der Waals surface area contributed by atoms with Crippen molar-refractivity contribution in [2.45, 2.75) is 4.90 Å². The number of benzene rings is 2. The van der Waals surface area contributed by atoms with Crippen LogP contribution in [0.25, 0.3) is 5.03 Å². The lowest BCUT2D eigenvalue weighted by molar-refractivity contribution is 1.47. The molecule has 2 aromatic rings. The van der Waals surface area contributed by atoms with Crippen molar-refractivity contribution < 1.29 is 0 Å². The molecule has 0 aliphatic heterocycles. The van der Waals surface area contributed by atoms with E-state index in [1.807, 2.05) is 47.9 Å². The zero-order chi connectivity index (χ0) is 12.8. The zero-order valence-electron chi connectivity index (χ0n) is 9.51. The van der Waals surface area contributed by atoms with Crippen LogP contribution < -0.4 is 0 Å². The highest BCUT2D eigenvalue weighted by Gasteiger charge is 1.99. The van der Waals surface area contributed by atoms with Gasteiger partial charge in [0.2, 0.25) is 0 Å². The summed E-state index contributed by atoms with van der Waals surface area (Å²) < 4.78 is 0. The molecule has 0 aromatic heterocycles. The summed E-state index contributed by atoms with van der Waals surface area (Å²) >= 11 is 7.78. The Hall–Kier alpha value is -1.69. The average Bonchev–Trinajstić information content (AvgIpc) is 2.46. The van der Waals surface area contributed by atoms with Crippen LogP contribution in [0.15, 0.2) is 64.9 Å². The number of hydrogen-bond donors (Lipinski definition) is 0. The number of hydrogen-bond acceptors (Lipinski definition) is 2. The molecule has 2 rings (SSSR count). The zero-order valence-corrected chi connectivity index (χ0v) is 11.1. The average molecular weight is 272 g/mol. The second-order valence-corrected chi connectivity index (χ2v) is 4.94. The van der Waals surface area contributed by atoms with E-state index in [0.29, 0.717) is 10.6 Å². The lowest BCUT2D eigenvalue weighted by Gasteiger charge is -2.00. The number of rotatable bonds is 3. The Balaban J connectivity index is 2.11. The van der Waals surface area contributed by atoms with Crippen molar-refractivity contribution in [2.24, 2.45) is 0 Å². The fraction of sp³-hybridized carbons (Fsp3) is 0. The normalized spacial score (nSPS) is 11.0. The molecule has 2 aromatic carbocycles. The van der Waals surface area contributed by atoms with Gasteiger partial charge in [0, 0.05) is 4.90 Å². The first-order chi connectivity index (χ1) is 8.79. The minimum atomic E-state index is 0.638. The predicted molar refractivity (Wildman–Crippen MR) is 77.3 cm³/mol. The van der Waals surface area contributed by atoms with Gasteiger partial charge in [-0.15, -0.1) is 0 Å². The van der Waals surface area contributed by atoms with Gasteiger partial charge in [-0.3, -0.25) is 0 Å². The van der Waals surface area contributed by atoms with Crippen molar-refractivity contribution in [3.63, 3.8) is 0 Å². The molecule has 0 saturated carbocycles. The topological polar surface area (TPSA) is 23.8 Å². The Labute approximate surface area is 116 Å². The van der Waals surface area contributed by atoms with E-state index in [-0.39, 0.29) is 0 Å². The predicted octanol–water partition coefficient (Wildman–Crippen LogP) is 4.89. The first-order valence-corrected chi connectivity index (χ1v) is 6.63. The SMILES string of the molecule is N#Cc1ccc(/C(Cl)=C\Sc2ccccc2)cc1. The van der Waals surface area contributed by atoms with Crippen molar-refractivity contribution in [1.82, 2.24) is 0 Å². The second kappa shape index (κ2) is 6.30. The van der Waals surface area contributed by atoms with Gasteiger partial charge in [-0.25, -0.2) is 0 Å². The highest BCUT2D eigenvalue weighted by molar-refractivity contribution is 8.02. The molecule has 0 fully saturated rings. The first-order valence-electron chi connectivity index (χ1n) is 5.37. The lowest BCUT2D eigenvalue weighted by Crippen LogP contribution is -1.78. The molecule has 0 radical (unpaired) electrons. The summed E-state index contributed by atoms with van der Waals surface area (Å²) in [6.07, 6.45) is 0. The van der Waals surface area contributed by atoms with Crippen LogP contribution in [0, 0.1) is 11.3 Å². The maximum absolute atomic E-state index is 8.72. The van der Waals surface area contributed by atoms with Crippen LogP contribution in [0.4, 0.5) is 0 Å². The molecule has 0 amide bonds. The Bertz CT molecular complexity index is 582. The summed E-state index contributed by atoms with van der Waals surface area (Å²) in [5, 5.41) is 11.3. The number of halogens is 1. The van der Waals surface area contributed by atoms with Gasteiger partial charge >= 0.3 is 0 Å². The monoisotopic (exact) mass is 271 g/mol. The molecule has 1 nitrogen and oxygen atoms in total. The van der Waals surface area contributed by atoms with E-state index in [9.17, 15) is 0 Å². The van der Waals surface area contributed by atoms with Crippen molar-refractivity contribution in [1.29, 1.82) is 5.26 Å². The molecule has 88 valence electrons. The van der Waals surface area contributed by atoms with Gasteiger partial charge in [0.05, 0.1) is 16.7 Å². The third-order valence-corrected chi connectivity index (χ3v) is 3.69. The molecule has 0 saturated heterocycles. The number of nitrogens with zero attached hydrogens (tertiary/aromatic N) is 1. The van der Waals surface area contributed by atoms with E-state index < -0.39 is 0 Å². The highest BCUT2D eigenvalue weighted by atomic mass is 35.5. The van der Waals surface area contributed by atoms with Crippen LogP contribution >= 0.6 is 23.4 Å². The second-order valence-electron chi connectivity index (χ2n) is 3.59. The molecule has 0 bridgehead atoms. The molecular formula is C15H10ClNS. The van der Waals surface area contributed by atoms with E-state index in [1.54, 1.807) is 23.9 Å². The largest absolute Gasteiger partial charge is 0.192 e. The van der Waals surface area contributed by atoms with Gasteiger partial charge in [0.15, 0.2) is 0 Å². The number of nitriles is 1. The lowest BCUT2D eigenvalue weighted by atomic mass is 10.1. The van der Waals surface area contributed by atoms with Crippen LogP contribution in [0.5, 0.6) is 0 Å². The molecule has 0 unspecified atom stereocenters. The summed E-state index contributed by atoms with van der Waals surface area (Å²) in [6, 6.07) is 19.3. The maximum Gasteiger partial charge on any atom is 0.0991 e. The molecule has 0 aliphatic carbocycles. The first kappa shape index (κ1) is 12.8. The van der Waals surface area contributed by atoms with Crippen LogP contribution in [0.1, 0.15) is 11.1 Å².